The summed E-state index contributed by atoms with van der Waals surface area (Å²) in [6.07, 6.45) is 5.25. The third-order valence-corrected chi connectivity index (χ3v) is 2.73. The molecular weight excluding hydrogens is 230 g/mol. The number of furan rings is 1. The molecule has 18 heavy (non-hydrogen) atoms. The van der Waals surface area contributed by atoms with Crippen LogP contribution in [0.1, 0.15) is 6.92 Å². The summed E-state index contributed by atoms with van der Waals surface area (Å²) in [5.74, 6) is 2.79. The molecule has 0 aliphatic heterocycles. The predicted octanol–water partition coefficient (Wildman–Crippen LogP) is 1.96. The summed E-state index contributed by atoms with van der Waals surface area (Å²) in [7, 11) is 1.93. The molecule has 0 saturated carbocycles. The second kappa shape index (κ2) is 4.14. The first-order valence-electron chi connectivity index (χ1n) is 5.76. The Morgan fingerprint density at radius 3 is 2.83 bits per heavy atom. The van der Waals surface area contributed by atoms with Crippen LogP contribution in [0.15, 0.2) is 35.2 Å². The van der Waals surface area contributed by atoms with Crippen LogP contribution in [0.2, 0.25) is 0 Å². The fourth-order valence-corrected chi connectivity index (χ4v) is 1.82. The van der Waals surface area contributed by atoms with Crippen LogP contribution in [0.4, 0.5) is 0 Å². The first-order valence-corrected chi connectivity index (χ1v) is 5.76. The second-order valence-electron chi connectivity index (χ2n) is 3.91. The quantitative estimate of drug-likeness (QED) is 0.705. The minimum Gasteiger partial charge on any atom is -0.461 e. The van der Waals surface area contributed by atoms with Crippen molar-refractivity contribution in [3.05, 3.63) is 30.8 Å². The largest absolute Gasteiger partial charge is 0.461 e. The third kappa shape index (κ3) is 1.62. The summed E-state index contributed by atoms with van der Waals surface area (Å²) in [5, 5.41) is 4.43. The molecule has 0 N–H and O–H groups in total. The van der Waals surface area contributed by atoms with Gasteiger partial charge in [0.2, 0.25) is 5.82 Å². The van der Waals surface area contributed by atoms with E-state index >= 15 is 0 Å². The third-order valence-electron chi connectivity index (χ3n) is 2.73. The van der Waals surface area contributed by atoms with Crippen molar-refractivity contribution in [3.8, 4) is 23.2 Å². The molecule has 0 spiro atoms. The molecule has 6 heteroatoms. The summed E-state index contributed by atoms with van der Waals surface area (Å²) < 4.78 is 9.05. The fraction of sp³-hybridized carbons (Fsp3) is 0.250. The maximum absolute atomic E-state index is 5.31. The van der Waals surface area contributed by atoms with Gasteiger partial charge >= 0.3 is 0 Å². The van der Waals surface area contributed by atoms with Crippen LogP contribution in [0, 0.1) is 0 Å². The van der Waals surface area contributed by atoms with Gasteiger partial charge < -0.3 is 8.98 Å². The van der Waals surface area contributed by atoms with Crippen LogP contribution >= 0.6 is 0 Å². The molecule has 0 atom stereocenters. The molecule has 0 aliphatic carbocycles. The Morgan fingerprint density at radius 2 is 2.22 bits per heavy atom. The van der Waals surface area contributed by atoms with E-state index in [4.69, 9.17) is 4.42 Å². The minimum absolute atomic E-state index is 0.583. The van der Waals surface area contributed by atoms with Gasteiger partial charge in [-0.3, -0.25) is 0 Å². The number of imidazole rings is 1. The van der Waals surface area contributed by atoms with Crippen LogP contribution in [-0.2, 0) is 13.6 Å². The van der Waals surface area contributed by atoms with Crippen molar-refractivity contribution in [3.63, 3.8) is 0 Å². The highest BCUT2D eigenvalue weighted by Crippen LogP contribution is 2.21. The smallest absolute Gasteiger partial charge is 0.217 e. The molecule has 0 aliphatic rings. The summed E-state index contributed by atoms with van der Waals surface area (Å²) >= 11 is 0. The van der Waals surface area contributed by atoms with Crippen LogP contribution in [0.3, 0.4) is 0 Å². The molecule has 0 radical (unpaired) electrons. The molecular formula is C12H13N5O. The van der Waals surface area contributed by atoms with E-state index in [1.54, 1.807) is 12.5 Å². The second-order valence-corrected chi connectivity index (χ2v) is 3.91. The van der Waals surface area contributed by atoms with Crippen molar-refractivity contribution < 1.29 is 4.42 Å². The summed E-state index contributed by atoms with van der Waals surface area (Å²) in [4.78, 5) is 8.80. The highest BCUT2D eigenvalue weighted by molar-refractivity contribution is 5.53. The normalized spacial score (nSPS) is 11.0. The van der Waals surface area contributed by atoms with E-state index in [9.17, 15) is 0 Å². The Balaban J connectivity index is 2.13. The van der Waals surface area contributed by atoms with Crippen molar-refractivity contribution in [2.75, 3.05) is 0 Å². The molecule has 3 rings (SSSR count). The molecule has 3 aromatic heterocycles. The Bertz CT molecular complexity index is 650. The molecule has 3 aromatic rings. The highest BCUT2D eigenvalue weighted by atomic mass is 16.3. The van der Waals surface area contributed by atoms with E-state index in [1.165, 1.54) is 0 Å². The van der Waals surface area contributed by atoms with Crippen LogP contribution in [0.5, 0.6) is 0 Å². The predicted molar refractivity (Wildman–Crippen MR) is 65.6 cm³/mol. The maximum atomic E-state index is 5.31. The maximum Gasteiger partial charge on any atom is 0.217 e. The Kier molecular flexibility index (Phi) is 2.47. The van der Waals surface area contributed by atoms with E-state index in [-0.39, 0.29) is 0 Å². The molecule has 0 fully saturated rings. The first-order chi connectivity index (χ1) is 8.79. The zero-order valence-corrected chi connectivity index (χ0v) is 10.2. The molecule has 3 heterocycles. The van der Waals surface area contributed by atoms with Crippen LogP contribution < -0.4 is 0 Å². The van der Waals surface area contributed by atoms with E-state index in [0.29, 0.717) is 11.6 Å². The lowest BCUT2D eigenvalue weighted by Crippen LogP contribution is -2.03. The average Bonchev–Trinajstić information content (AvgIpc) is 3.07. The fourth-order valence-electron chi connectivity index (χ4n) is 1.82. The van der Waals surface area contributed by atoms with E-state index in [1.807, 2.05) is 41.5 Å². The van der Waals surface area contributed by atoms with Crippen LogP contribution in [-0.4, -0.2) is 24.3 Å². The molecule has 0 bridgehead atoms. The number of hydrogen-bond acceptors (Lipinski definition) is 4. The molecule has 0 saturated heterocycles. The van der Waals surface area contributed by atoms with Crippen molar-refractivity contribution in [1.82, 2.24) is 24.3 Å². The zero-order chi connectivity index (χ0) is 12.5. The molecule has 6 nitrogen and oxygen atoms in total. The summed E-state index contributed by atoms with van der Waals surface area (Å²) in [6.45, 7) is 2.75. The van der Waals surface area contributed by atoms with Gasteiger partial charge in [0.1, 0.15) is 0 Å². The van der Waals surface area contributed by atoms with Crippen LogP contribution in [0.25, 0.3) is 23.2 Å². The lowest BCUT2D eigenvalue weighted by molar-refractivity contribution is 0.574. The van der Waals surface area contributed by atoms with Gasteiger partial charge in [-0.15, -0.1) is 5.10 Å². The van der Waals surface area contributed by atoms with Crippen molar-refractivity contribution in [1.29, 1.82) is 0 Å². The van der Waals surface area contributed by atoms with Gasteiger partial charge in [0.15, 0.2) is 17.4 Å². The molecule has 0 aromatic carbocycles. The lowest BCUT2D eigenvalue weighted by atomic mass is 10.4. The van der Waals surface area contributed by atoms with Gasteiger partial charge in [-0.05, 0) is 19.1 Å². The summed E-state index contributed by atoms with van der Waals surface area (Å²) in [5.41, 5.74) is 0. The average molecular weight is 243 g/mol. The monoisotopic (exact) mass is 243 g/mol. The standard InChI is InChI=1S/C12H13N5O/c1-3-17-12(11-13-6-7-16(11)2)14-10(15-17)9-5-4-8-18-9/h4-8H,3H2,1-2H3. The van der Waals surface area contributed by atoms with Gasteiger partial charge in [-0.25, -0.2) is 14.6 Å². The summed E-state index contributed by atoms with van der Waals surface area (Å²) in [6, 6.07) is 3.67. The van der Waals surface area contributed by atoms with Gasteiger partial charge in [-0.1, -0.05) is 0 Å². The lowest BCUT2D eigenvalue weighted by Gasteiger charge is -2.01. The Labute approximate surface area is 104 Å². The van der Waals surface area contributed by atoms with Gasteiger partial charge in [0.25, 0.3) is 0 Å². The molecule has 92 valence electrons. The first kappa shape index (κ1) is 10.8. The van der Waals surface area contributed by atoms with E-state index < -0.39 is 0 Å². The van der Waals surface area contributed by atoms with Crippen molar-refractivity contribution in [2.45, 2.75) is 13.5 Å². The number of rotatable bonds is 3. The van der Waals surface area contributed by atoms with E-state index in [2.05, 4.69) is 15.1 Å². The number of nitrogens with zero attached hydrogens (tertiary/aromatic N) is 5. The van der Waals surface area contributed by atoms with E-state index in [0.717, 1.165) is 18.2 Å². The SMILES string of the molecule is CCn1nc(-c2ccco2)nc1-c1nccn1C. The Morgan fingerprint density at radius 1 is 1.33 bits per heavy atom. The molecule has 0 unspecified atom stereocenters. The van der Waals surface area contributed by atoms with Gasteiger partial charge in [0, 0.05) is 26.0 Å². The number of aromatic nitrogens is 5. The minimum atomic E-state index is 0.583. The Hall–Kier alpha value is -2.37. The highest BCUT2D eigenvalue weighted by Gasteiger charge is 2.16. The van der Waals surface area contributed by atoms with Crippen molar-refractivity contribution >= 4 is 0 Å². The molecule has 0 amide bonds. The zero-order valence-electron chi connectivity index (χ0n) is 10.2. The number of aryl methyl sites for hydroxylation is 2. The van der Waals surface area contributed by atoms with Gasteiger partial charge in [0.05, 0.1) is 6.26 Å². The van der Waals surface area contributed by atoms with Gasteiger partial charge in [-0.2, -0.15) is 0 Å². The van der Waals surface area contributed by atoms with Crippen molar-refractivity contribution in [2.24, 2.45) is 7.05 Å². The topological polar surface area (TPSA) is 61.7 Å². The number of hydrogen-bond donors (Lipinski definition) is 0.